The Morgan fingerprint density at radius 2 is 1.93 bits per heavy atom. The Labute approximate surface area is 88.0 Å². The van der Waals surface area contributed by atoms with E-state index >= 15 is 0 Å². The second-order valence-corrected chi connectivity index (χ2v) is 4.00. The molecule has 2 nitrogen and oxygen atoms in total. The maximum absolute atomic E-state index is 12.4. The first-order chi connectivity index (χ1) is 6.65. The minimum atomic E-state index is -0.224. The van der Waals surface area contributed by atoms with Crippen LogP contribution in [0.1, 0.15) is 33.6 Å². The zero-order valence-corrected chi connectivity index (χ0v) is 10.1. The van der Waals surface area contributed by atoms with Gasteiger partial charge in [0.1, 0.15) is 0 Å². The van der Waals surface area contributed by atoms with E-state index in [1.165, 1.54) is 12.8 Å². The number of alkyl halides is 1. The van der Waals surface area contributed by atoms with Gasteiger partial charge >= 0.3 is 0 Å². The molecule has 0 amide bonds. The SMILES string of the molecule is CCCCN(C)N(CC)CC(C)CF. The zero-order valence-electron chi connectivity index (χ0n) is 10.1. The summed E-state index contributed by atoms with van der Waals surface area (Å²) in [4.78, 5) is 0. The molecule has 0 radical (unpaired) electrons. The third-order valence-corrected chi connectivity index (χ3v) is 2.47. The summed E-state index contributed by atoms with van der Waals surface area (Å²) in [7, 11) is 2.09. The number of halogens is 1. The molecule has 1 atom stereocenters. The lowest BCUT2D eigenvalue weighted by atomic mass is 10.2. The van der Waals surface area contributed by atoms with Gasteiger partial charge in [-0.25, -0.2) is 10.0 Å². The first-order valence-corrected chi connectivity index (χ1v) is 5.67. The van der Waals surface area contributed by atoms with Crippen LogP contribution < -0.4 is 0 Å². The van der Waals surface area contributed by atoms with E-state index in [2.05, 4.69) is 30.9 Å². The van der Waals surface area contributed by atoms with Crippen LogP contribution in [0.2, 0.25) is 0 Å². The Bertz CT molecular complexity index is 130. The topological polar surface area (TPSA) is 6.48 Å². The maximum Gasteiger partial charge on any atom is 0.0932 e. The van der Waals surface area contributed by atoms with E-state index in [1.807, 2.05) is 6.92 Å². The zero-order chi connectivity index (χ0) is 11.0. The molecular formula is C11H25FN2. The van der Waals surface area contributed by atoms with Crippen molar-refractivity contribution in [1.82, 2.24) is 10.0 Å². The molecule has 0 saturated heterocycles. The summed E-state index contributed by atoms with van der Waals surface area (Å²) < 4.78 is 12.4. The molecule has 0 aromatic rings. The van der Waals surface area contributed by atoms with Crippen LogP contribution in [0.5, 0.6) is 0 Å². The number of nitrogens with zero attached hydrogens (tertiary/aromatic N) is 2. The van der Waals surface area contributed by atoms with Gasteiger partial charge in [-0.1, -0.05) is 27.2 Å². The standard InChI is InChI=1S/C11H25FN2/c1-5-7-8-13(4)14(6-2)10-11(3)9-12/h11H,5-10H2,1-4H3. The van der Waals surface area contributed by atoms with Crippen LogP contribution in [0, 0.1) is 5.92 Å². The second kappa shape index (κ2) is 8.18. The molecule has 0 bridgehead atoms. The summed E-state index contributed by atoms with van der Waals surface area (Å²) in [5.74, 6) is 0.138. The first kappa shape index (κ1) is 13.8. The fourth-order valence-electron chi connectivity index (χ4n) is 1.45. The molecule has 14 heavy (non-hydrogen) atoms. The van der Waals surface area contributed by atoms with Crippen LogP contribution in [0.4, 0.5) is 4.39 Å². The molecule has 0 aliphatic carbocycles. The first-order valence-electron chi connectivity index (χ1n) is 5.67. The molecule has 0 aromatic carbocycles. The summed E-state index contributed by atoms with van der Waals surface area (Å²) in [5.41, 5.74) is 0. The molecule has 0 aromatic heterocycles. The quantitative estimate of drug-likeness (QED) is 0.561. The van der Waals surface area contributed by atoms with Crippen molar-refractivity contribution in [1.29, 1.82) is 0 Å². The van der Waals surface area contributed by atoms with Gasteiger partial charge in [0.25, 0.3) is 0 Å². The van der Waals surface area contributed by atoms with Gasteiger partial charge in [0.2, 0.25) is 0 Å². The van der Waals surface area contributed by atoms with Crippen molar-refractivity contribution in [2.24, 2.45) is 5.92 Å². The lowest BCUT2D eigenvalue weighted by molar-refractivity contribution is -0.0106. The van der Waals surface area contributed by atoms with Crippen molar-refractivity contribution in [2.45, 2.75) is 33.6 Å². The van der Waals surface area contributed by atoms with Crippen LogP contribution in [0.15, 0.2) is 0 Å². The van der Waals surface area contributed by atoms with Gasteiger partial charge in [0.05, 0.1) is 6.67 Å². The summed E-state index contributed by atoms with van der Waals surface area (Å²) in [5, 5.41) is 4.44. The summed E-state index contributed by atoms with van der Waals surface area (Å²) in [6, 6.07) is 0. The number of rotatable bonds is 8. The molecule has 0 saturated carbocycles. The normalized spacial score (nSPS) is 13.9. The van der Waals surface area contributed by atoms with Gasteiger partial charge in [-0.05, 0) is 12.3 Å². The molecule has 1 unspecified atom stereocenters. The predicted octanol–water partition coefficient (Wildman–Crippen LogP) is 2.56. The molecule has 0 aliphatic heterocycles. The molecule has 0 spiro atoms. The van der Waals surface area contributed by atoms with Crippen molar-refractivity contribution < 1.29 is 4.39 Å². The molecule has 0 N–H and O–H groups in total. The Morgan fingerprint density at radius 1 is 1.29 bits per heavy atom. The highest BCUT2D eigenvalue weighted by molar-refractivity contribution is 4.58. The van der Waals surface area contributed by atoms with E-state index < -0.39 is 0 Å². The van der Waals surface area contributed by atoms with Gasteiger partial charge < -0.3 is 0 Å². The van der Waals surface area contributed by atoms with Crippen molar-refractivity contribution in [3.8, 4) is 0 Å². The molecule has 86 valence electrons. The van der Waals surface area contributed by atoms with E-state index in [4.69, 9.17) is 0 Å². The summed E-state index contributed by atoms with van der Waals surface area (Å²) in [6.07, 6.45) is 2.41. The number of unbranched alkanes of at least 4 members (excludes halogenated alkanes) is 1. The van der Waals surface area contributed by atoms with Crippen molar-refractivity contribution >= 4 is 0 Å². The van der Waals surface area contributed by atoms with Gasteiger partial charge in [-0.3, -0.25) is 4.39 Å². The average molecular weight is 204 g/mol. The van der Waals surface area contributed by atoms with Crippen LogP contribution >= 0.6 is 0 Å². The van der Waals surface area contributed by atoms with Crippen molar-refractivity contribution in [3.05, 3.63) is 0 Å². The Hall–Kier alpha value is -0.150. The molecule has 0 aliphatic rings. The van der Waals surface area contributed by atoms with Gasteiger partial charge in [-0.2, -0.15) is 0 Å². The number of hydrazine groups is 1. The molecule has 0 fully saturated rings. The molecule has 3 heteroatoms. The summed E-state index contributed by atoms with van der Waals surface area (Å²) >= 11 is 0. The van der Waals surface area contributed by atoms with E-state index in [0.29, 0.717) is 0 Å². The Kier molecular flexibility index (Phi) is 8.09. The average Bonchev–Trinajstić information content (AvgIpc) is 2.21. The molecule has 0 rings (SSSR count). The number of hydrogen-bond acceptors (Lipinski definition) is 2. The van der Waals surface area contributed by atoms with Crippen molar-refractivity contribution in [3.63, 3.8) is 0 Å². The highest BCUT2D eigenvalue weighted by atomic mass is 19.1. The Balaban J connectivity index is 3.85. The maximum atomic E-state index is 12.4. The second-order valence-electron chi connectivity index (χ2n) is 4.00. The molecule has 0 heterocycles. The van der Waals surface area contributed by atoms with Crippen molar-refractivity contribution in [2.75, 3.05) is 33.4 Å². The van der Waals surface area contributed by atoms with Crippen LogP contribution in [0.25, 0.3) is 0 Å². The Morgan fingerprint density at radius 3 is 2.36 bits per heavy atom. The fourth-order valence-corrected chi connectivity index (χ4v) is 1.45. The predicted molar refractivity (Wildman–Crippen MR) is 59.9 cm³/mol. The van der Waals surface area contributed by atoms with E-state index in [0.717, 1.165) is 19.6 Å². The highest BCUT2D eigenvalue weighted by Gasteiger charge is 2.12. The van der Waals surface area contributed by atoms with Gasteiger partial charge in [0, 0.05) is 26.7 Å². The van der Waals surface area contributed by atoms with Gasteiger partial charge in [0.15, 0.2) is 0 Å². The lowest BCUT2D eigenvalue weighted by Crippen LogP contribution is -2.43. The lowest BCUT2D eigenvalue weighted by Gasteiger charge is -2.32. The third-order valence-electron chi connectivity index (χ3n) is 2.47. The monoisotopic (exact) mass is 204 g/mol. The van der Waals surface area contributed by atoms with Crippen LogP contribution in [-0.4, -0.2) is 43.4 Å². The highest BCUT2D eigenvalue weighted by Crippen LogP contribution is 2.04. The smallest absolute Gasteiger partial charge is 0.0932 e. The van der Waals surface area contributed by atoms with E-state index in [-0.39, 0.29) is 12.6 Å². The number of hydrogen-bond donors (Lipinski definition) is 0. The van der Waals surface area contributed by atoms with Crippen LogP contribution in [-0.2, 0) is 0 Å². The third kappa shape index (κ3) is 5.55. The summed E-state index contributed by atoms with van der Waals surface area (Å²) in [6.45, 7) is 8.90. The molecular weight excluding hydrogens is 179 g/mol. The van der Waals surface area contributed by atoms with E-state index in [9.17, 15) is 4.39 Å². The van der Waals surface area contributed by atoms with Crippen LogP contribution in [0.3, 0.4) is 0 Å². The largest absolute Gasteiger partial charge is 0.251 e. The van der Waals surface area contributed by atoms with Gasteiger partial charge in [-0.15, -0.1) is 0 Å². The minimum absolute atomic E-state index is 0.138. The fraction of sp³-hybridized carbons (Fsp3) is 1.00. The minimum Gasteiger partial charge on any atom is -0.251 e. The van der Waals surface area contributed by atoms with E-state index in [1.54, 1.807) is 0 Å².